The number of carbonyl (C=O) groups excluding carboxylic acids is 2. The summed E-state index contributed by atoms with van der Waals surface area (Å²) in [6.07, 6.45) is 2.52. The predicted molar refractivity (Wildman–Crippen MR) is 163 cm³/mol. The Morgan fingerprint density at radius 3 is 2.44 bits per heavy atom. The highest BCUT2D eigenvalue weighted by Gasteiger charge is 2.39. The zero-order valence-electron chi connectivity index (χ0n) is 23.3. The maximum absolute atomic E-state index is 13.0. The summed E-state index contributed by atoms with van der Waals surface area (Å²) < 4.78 is 0. The highest BCUT2D eigenvalue weighted by Crippen LogP contribution is 2.51. The number of hydrogen-bond acceptors (Lipinski definition) is 5. The lowest BCUT2D eigenvalue weighted by atomic mass is 9.82. The minimum atomic E-state index is -1.13. The fourth-order valence-electron chi connectivity index (χ4n) is 6.80. The summed E-state index contributed by atoms with van der Waals surface area (Å²) >= 11 is 0.865. The first-order valence-electron chi connectivity index (χ1n) is 13.9. The molecule has 0 saturated carbocycles. The molecule has 1 aromatic heterocycles. The van der Waals surface area contributed by atoms with Gasteiger partial charge in [-0.15, -0.1) is 11.3 Å². The maximum atomic E-state index is 13.0. The number of rotatable bonds is 4. The Kier molecular flexibility index (Phi) is 5.54. The molecule has 204 valence electrons. The van der Waals surface area contributed by atoms with E-state index in [9.17, 15) is 19.5 Å². The molecule has 1 N–H and O–H groups in total. The second kappa shape index (κ2) is 8.85. The van der Waals surface area contributed by atoms with Crippen LogP contribution in [0.25, 0.3) is 17.2 Å². The van der Waals surface area contributed by atoms with Gasteiger partial charge in [0.1, 0.15) is 4.88 Å². The van der Waals surface area contributed by atoms with Crippen molar-refractivity contribution < 1.29 is 19.5 Å². The van der Waals surface area contributed by atoms with E-state index in [0.717, 1.165) is 29.0 Å². The number of hydrogen-bond donors (Lipinski definition) is 1. The van der Waals surface area contributed by atoms with Gasteiger partial charge >= 0.3 is 5.97 Å². The van der Waals surface area contributed by atoms with Crippen LogP contribution in [0.4, 0.5) is 11.4 Å². The molecule has 0 saturated heterocycles. The normalized spacial score (nSPS) is 19.1. The SMILES string of the molecule is CC(C)C1Cc2cc(C=C3C(=O)c4cc(C(=O)O)sc4C3=O)ccc2N1c1ccc2c(c1)C(C)(C)c1ccccc1-2. The van der Waals surface area contributed by atoms with E-state index in [1.807, 2.05) is 6.07 Å². The minimum absolute atomic E-state index is 0.00641. The average molecular weight is 560 g/mol. The van der Waals surface area contributed by atoms with Gasteiger partial charge in [0.2, 0.25) is 5.78 Å². The van der Waals surface area contributed by atoms with Crippen LogP contribution in [0.3, 0.4) is 0 Å². The second-order valence-corrected chi connectivity index (χ2v) is 13.1. The van der Waals surface area contributed by atoms with Gasteiger partial charge in [-0.2, -0.15) is 0 Å². The van der Waals surface area contributed by atoms with E-state index in [0.29, 0.717) is 5.92 Å². The maximum Gasteiger partial charge on any atom is 0.345 e. The number of aromatic carboxylic acids is 1. The molecular formula is C35H29NO4S. The van der Waals surface area contributed by atoms with Crippen LogP contribution in [0, 0.1) is 5.92 Å². The summed E-state index contributed by atoms with van der Waals surface area (Å²) in [6.45, 7) is 9.09. The largest absolute Gasteiger partial charge is 0.477 e. The number of thiophene rings is 1. The predicted octanol–water partition coefficient (Wildman–Crippen LogP) is 7.93. The van der Waals surface area contributed by atoms with Gasteiger partial charge in [-0.3, -0.25) is 9.59 Å². The van der Waals surface area contributed by atoms with Crippen LogP contribution in [0.1, 0.15) is 79.7 Å². The molecule has 5 nitrogen and oxygen atoms in total. The van der Waals surface area contributed by atoms with E-state index >= 15 is 0 Å². The van der Waals surface area contributed by atoms with Crippen LogP contribution >= 0.6 is 11.3 Å². The number of nitrogens with zero attached hydrogens (tertiary/aromatic N) is 1. The number of anilines is 2. The first-order chi connectivity index (χ1) is 19.6. The van der Waals surface area contributed by atoms with Crippen LogP contribution in [-0.2, 0) is 11.8 Å². The number of carbonyl (C=O) groups is 3. The molecule has 1 unspecified atom stereocenters. The Bertz CT molecular complexity index is 1820. The van der Waals surface area contributed by atoms with Gasteiger partial charge in [-0.25, -0.2) is 4.79 Å². The molecule has 3 aromatic carbocycles. The van der Waals surface area contributed by atoms with Crippen molar-refractivity contribution in [1.82, 2.24) is 0 Å². The Labute approximate surface area is 242 Å². The number of carboxylic acids is 1. The molecular weight excluding hydrogens is 530 g/mol. The lowest BCUT2D eigenvalue weighted by molar-refractivity contribution is 0.0702. The third kappa shape index (κ3) is 3.70. The smallest absolute Gasteiger partial charge is 0.345 e. The van der Waals surface area contributed by atoms with Crippen molar-refractivity contribution in [3.63, 3.8) is 0 Å². The van der Waals surface area contributed by atoms with Crippen molar-refractivity contribution in [2.24, 2.45) is 5.92 Å². The monoisotopic (exact) mass is 559 g/mol. The van der Waals surface area contributed by atoms with E-state index in [2.05, 4.69) is 87.2 Å². The summed E-state index contributed by atoms with van der Waals surface area (Å²) in [4.78, 5) is 40.0. The number of ketones is 2. The third-order valence-electron chi connectivity index (χ3n) is 8.93. The number of carboxylic acid groups (broad SMARTS) is 1. The molecule has 6 heteroatoms. The summed E-state index contributed by atoms with van der Waals surface area (Å²) in [5.41, 5.74) is 9.81. The van der Waals surface area contributed by atoms with Crippen LogP contribution in [0.5, 0.6) is 0 Å². The molecule has 4 aromatic rings. The van der Waals surface area contributed by atoms with Gasteiger partial charge in [0.15, 0.2) is 5.78 Å². The zero-order chi connectivity index (χ0) is 28.8. The minimum Gasteiger partial charge on any atom is -0.477 e. The van der Waals surface area contributed by atoms with Gasteiger partial charge < -0.3 is 10.0 Å². The van der Waals surface area contributed by atoms with Crippen molar-refractivity contribution in [2.45, 2.75) is 45.6 Å². The van der Waals surface area contributed by atoms with Crippen molar-refractivity contribution in [1.29, 1.82) is 0 Å². The molecule has 0 radical (unpaired) electrons. The van der Waals surface area contributed by atoms with Crippen LogP contribution in [0.15, 0.2) is 72.3 Å². The second-order valence-electron chi connectivity index (χ2n) is 12.0. The lowest BCUT2D eigenvalue weighted by Gasteiger charge is -2.32. The number of benzene rings is 3. The zero-order valence-corrected chi connectivity index (χ0v) is 24.1. The fourth-order valence-corrected chi connectivity index (χ4v) is 7.75. The van der Waals surface area contributed by atoms with Crippen molar-refractivity contribution in [2.75, 3.05) is 4.90 Å². The van der Waals surface area contributed by atoms with Gasteiger partial charge in [-0.05, 0) is 82.1 Å². The highest BCUT2D eigenvalue weighted by atomic mass is 32.1. The Morgan fingerprint density at radius 1 is 0.951 bits per heavy atom. The fraction of sp³-hybridized carbons (Fsp3) is 0.229. The van der Waals surface area contributed by atoms with Gasteiger partial charge in [0, 0.05) is 28.4 Å². The first kappa shape index (κ1) is 25.7. The highest BCUT2D eigenvalue weighted by molar-refractivity contribution is 7.17. The quantitative estimate of drug-likeness (QED) is 0.203. The topological polar surface area (TPSA) is 74.7 Å². The Balaban J connectivity index is 1.25. The molecule has 2 aliphatic carbocycles. The lowest BCUT2D eigenvalue weighted by Crippen LogP contribution is -2.32. The molecule has 0 bridgehead atoms. The van der Waals surface area contributed by atoms with E-state index in [4.69, 9.17) is 0 Å². The van der Waals surface area contributed by atoms with Gasteiger partial charge in [-0.1, -0.05) is 64.1 Å². The standard InChI is InChI=1S/C35H29NO4S/c1-18(2)29-15-20-13-19(14-24-31(37)25-17-30(34(39)40)41-33(25)32(24)38)9-12-28(20)36(29)21-10-11-23-22-7-5-6-8-26(22)35(3,4)27(23)16-21/h5-14,16-18,29H,15H2,1-4H3,(H,39,40). The summed E-state index contributed by atoms with van der Waals surface area (Å²) in [6, 6.07) is 23.2. The first-order valence-corrected chi connectivity index (χ1v) is 14.7. The van der Waals surface area contributed by atoms with E-state index in [1.54, 1.807) is 6.08 Å². The molecule has 0 spiro atoms. The van der Waals surface area contributed by atoms with Gasteiger partial charge in [0.25, 0.3) is 0 Å². The molecule has 1 atom stereocenters. The van der Waals surface area contributed by atoms with Crippen LogP contribution in [-0.4, -0.2) is 28.7 Å². The molecule has 1 aliphatic heterocycles. The molecule has 0 amide bonds. The third-order valence-corrected chi connectivity index (χ3v) is 10.1. The van der Waals surface area contributed by atoms with Crippen molar-refractivity contribution >= 4 is 46.3 Å². The summed E-state index contributed by atoms with van der Waals surface area (Å²) in [5.74, 6) is -1.53. The van der Waals surface area contributed by atoms with Crippen molar-refractivity contribution in [3.05, 3.63) is 110 Å². The molecule has 2 heterocycles. The number of Topliss-reactive ketones (excluding diaryl/α,β-unsaturated/α-hetero) is 2. The van der Waals surface area contributed by atoms with Crippen molar-refractivity contribution in [3.8, 4) is 11.1 Å². The molecule has 7 rings (SSSR count). The summed E-state index contributed by atoms with van der Waals surface area (Å²) in [5, 5.41) is 9.25. The van der Waals surface area contributed by atoms with E-state index in [1.165, 1.54) is 39.6 Å². The van der Waals surface area contributed by atoms with Gasteiger partial charge in [0.05, 0.1) is 10.5 Å². The van der Waals surface area contributed by atoms with E-state index in [-0.39, 0.29) is 32.3 Å². The average Bonchev–Trinajstić information content (AvgIpc) is 3.67. The number of allylic oxidation sites excluding steroid dienone is 1. The Hall–Kier alpha value is -4.29. The Morgan fingerprint density at radius 2 is 1.71 bits per heavy atom. The molecule has 0 fully saturated rings. The molecule has 3 aliphatic rings. The van der Waals surface area contributed by atoms with Crippen LogP contribution in [0.2, 0.25) is 0 Å². The van der Waals surface area contributed by atoms with Crippen LogP contribution < -0.4 is 4.90 Å². The number of fused-ring (bicyclic) bond motifs is 5. The summed E-state index contributed by atoms with van der Waals surface area (Å²) in [7, 11) is 0. The van der Waals surface area contributed by atoms with E-state index < -0.39 is 17.5 Å². The molecule has 41 heavy (non-hydrogen) atoms.